The van der Waals surface area contributed by atoms with E-state index in [-0.39, 0.29) is 24.8 Å². The molecule has 4 nitrogen and oxygen atoms in total. The molecule has 0 spiro atoms. The smallest absolute Gasteiger partial charge is 0.310 e. The molecule has 2 atom stereocenters. The van der Waals surface area contributed by atoms with Crippen molar-refractivity contribution in [1.29, 1.82) is 0 Å². The third kappa shape index (κ3) is 8.42. The largest absolute Gasteiger partial charge is 0.481 e. The van der Waals surface area contributed by atoms with Crippen molar-refractivity contribution < 1.29 is 9.90 Å². The van der Waals surface area contributed by atoms with Crippen LogP contribution in [0.1, 0.15) is 64.9 Å². The molecule has 1 aromatic carbocycles. The van der Waals surface area contributed by atoms with Crippen LogP contribution in [0.3, 0.4) is 0 Å². The number of hydrogen-bond acceptors (Lipinski definition) is 3. The normalized spacial score (nSPS) is 25.8. The number of rotatable bonds is 10. The SMILES string of the molecule is CC/C(=C\c1ccccc1)C1CC1NC[C@H]1CC[C@H](NCC(C)(C)C(=O)O)CC1.Cl.Cl. The topological polar surface area (TPSA) is 61.4 Å². The van der Waals surface area contributed by atoms with Crippen LogP contribution in [-0.4, -0.2) is 36.2 Å². The van der Waals surface area contributed by atoms with Crippen LogP contribution in [-0.2, 0) is 4.79 Å². The highest BCUT2D eigenvalue weighted by Gasteiger charge is 2.39. The average molecular weight is 472 g/mol. The van der Waals surface area contributed by atoms with E-state index in [0.29, 0.717) is 24.5 Å². The van der Waals surface area contributed by atoms with E-state index in [2.05, 4.69) is 54.0 Å². The Bertz CT molecular complexity index is 701. The summed E-state index contributed by atoms with van der Waals surface area (Å²) in [6.45, 7) is 7.52. The van der Waals surface area contributed by atoms with Gasteiger partial charge in [-0.15, -0.1) is 24.8 Å². The molecule has 176 valence electrons. The van der Waals surface area contributed by atoms with Crippen LogP contribution < -0.4 is 10.6 Å². The first-order valence-corrected chi connectivity index (χ1v) is 11.3. The number of carboxylic acids is 1. The third-order valence-electron chi connectivity index (χ3n) is 6.75. The summed E-state index contributed by atoms with van der Waals surface area (Å²) in [5.74, 6) is 0.732. The number of nitrogens with one attached hydrogen (secondary N) is 2. The first kappa shape index (κ1) is 28.0. The molecule has 2 saturated carbocycles. The van der Waals surface area contributed by atoms with Gasteiger partial charge >= 0.3 is 5.97 Å². The Kier molecular flexibility index (Phi) is 11.6. The maximum atomic E-state index is 11.2. The summed E-state index contributed by atoms with van der Waals surface area (Å²) in [6.07, 6.45) is 9.55. The predicted octanol–water partition coefficient (Wildman–Crippen LogP) is 5.56. The number of carboxylic acid groups (broad SMARTS) is 1. The maximum absolute atomic E-state index is 11.2. The second-order valence-corrected chi connectivity index (χ2v) is 9.63. The number of aliphatic carboxylic acids is 1. The molecule has 0 saturated heterocycles. The van der Waals surface area contributed by atoms with E-state index in [9.17, 15) is 9.90 Å². The summed E-state index contributed by atoms with van der Waals surface area (Å²) in [5, 5.41) is 16.6. The van der Waals surface area contributed by atoms with Crippen molar-refractivity contribution in [3.63, 3.8) is 0 Å². The van der Waals surface area contributed by atoms with Gasteiger partial charge in [-0.1, -0.05) is 48.9 Å². The molecule has 3 rings (SSSR count). The fourth-order valence-electron chi connectivity index (χ4n) is 4.43. The summed E-state index contributed by atoms with van der Waals surface area (Å²) >= 11 is 0. The molecule has 2 aliphatic carbocycles. The zero-order chi connectivity index (χ0) is 20.9. The third-order valence-corrected chi connectivity index (χ3v) is 6.75. The minimum atomic E-state index is -0.727. The van der Waals surface area contributed by atoms with E-state index in [0.717, 1.165) is 31.7 Å². The standard InChI is InChI=1S/C25H38N2O2.2ClH/c1-4-20(14-18-8-6-5-7-9-18)22-15-23(22)26-16-19-10-12-21(13-11-19)27-17-25(2,3)24(28)29;;/h5-9,14,19,21-23,26-27H,4,10-13,15-17H2,1-3H3,(H,28,29);2*1H/b20-14+;;/t19-,21-,22?,23?;;. The zero-order valence-electron chi connectivity index (χ0n) is 19.1. The fraction of sp³-hybridized carbons (Fsp3) is 0.640. The van der Waals surface area contributed by atoms with Gasteiger partial charge in [-0.2, -0.15) is 0 Å². The molecule has 2 fully saturated rings. The molecule has 31 heavy (non-hydrogen) atoms. The molecule has 1 aromatic rings. The van der Waals surface area contributed by atoms with Gasteiger partial charge in [0.05, 0.1) is 5.41 Å². The zero-order valence-corrected chi connectivity index (χ0v) is 20.7. The molecule has 0 aliphatic heterocycles. The van der Waals surface area contributed by atoms with Crippen molar-refractivity contribution >= 4 is 36.9 Å². The summed E-state index contributed by atoms with van der Waals surface area (Å²) in [4.78, 5) is 11.2. The second kappa shape index (κ2) is 12.8. The lowest BCUT2D eigenvalue weighted by Crippen LogP contribution is -2.43. The summed E-state index contributed by atoms with van der Waals surface area (Å²) in [5.41, 5.74) is 2.19. The second-order valence-electron chi connectivity index (χ2n) is 9.63. The maximum Gasteiger partial charge on any atom is 0.310 e. The van der Waals surface area contributed by atoms with Crippen molar-refractivity contribution in [2.24, 2.45) is 17.3 Å². The summed E-state index contributed by atoms with van der Waals surface area (Å²) in [6, 6.07) is 11.8. The highest BCUT2D eigenvalue weighted by molar-refractivity contribution is 5.85. The van der Waals surface area contributed by atoms with Gasteiger partial charge in [-0.05, 0) is 76.3 Å². The highest BCUT2D eigenvalue weighted by Crippen LogP contribution is 2.40. The van der Waals surface area contributed by atoms with Crippen molar-refractivity contribution in [3.8, 4) is 0 Å². The first-order chi connectivity index (χ1) is 13.9. The van der Waals surface area contributed by atoms with E-state index in [1.54, 1.807) is 19.4 Å². The van der Waals surface area contributed by atoms with Gasteiger partial charge in [0.15, 0.2) is 0 Å². The van der Waals surface area contributed by atoms with Gasteiger partial charge in [0.25, 0.3) is 0 Å². The summed E-state index contributed by atoms with van der Waals surface area (Å²) in [7, 11) is 0. The lowest BCUT2D eigenvalue weighted by Gasteiger charge is -2.31. The summed E-state index contributed by atoms with van der Waals surface area (Å²) < 4.78 is 0. The Morgan fingerprint density at radius 2 is 1.74 bits per heavy atom. The van der Waals surface area contributed by atoms with Gasteiger partial charge < -0.3 is 15.7 Å². The number of benzene rings is 1. The molecule has 0 aromatic heterocycles. The molecule has 2 aliphatic rings. The van der Waals surface area contributed by atoms with Crippen LogP contribution in [0.25, 0.3) is 6.08 Å². The Hall–Kier alpha value is -1.07. The van der Waals surface area contributed by atoms with Gasteiger partial charge in [-0.3, -0.25) is 4.79 Å². The van der Waals surface area contributed by atoms with Crippen LogP contribution in [0.4, 0.5) is 0 Å². The Labute approximate surface area is 200 Å². The lowest BCUT2D eigenvalue weighted by molar-refractivity contribution is -0.146. The van der Waals surface area contributed by atoms with Crippen LogP contribution >= 0.6 is 24.8 Å². The fourth-order valence-corrected chi connectivity index (χ4v) is 4.43. The van der Waals surface area contributed by atoms with E-state index < -0.39 is 11.4 Å². The van der Waals surface area contributed by atoms with Gasteiger partial charge in [-0.25, -0.2) is 0 Å². The van der Waals surface area contributed by atoms with Crippen molar-refractivity contribution in [2.75, 3.05) is 13.1 Å². The van der Waals surface area contributed by atoms with Crippen molar-refractivity contribution in [1.82, 2.24) is 10.6 Å². The quantitative estimate of drug-likeness (QED) is 0.418. The highest BCUT2D eigenvalue weighted by atomic mass is 35.5. The minimum absolute atomic E-state index is 0. The minimum Gasteiger partial charge on any atom is -0.481 e. The van der Waals surface area contributed by atoms with Gasteiger partial charge in [0, 0.05) is 18.6 Å². The Balaban J connectivity index is 0.00000240. The number of halogens is 2. The molecule has 6 heteroatoms. The molecule has 0 bridgehead atoms. The van der Waals surface area contributed by atoms with Gasteiger partial charge in [0.2, 0.25) is 0 Å². The van der Waals surface area contributed by atoms with Crippen molar-refractivity contribution in [3.05, 3.63) is 41.5 Å². The monoisotopic (exact) mass is 470 g/mol. The van der Waals surface area contributed by atoms with Gasteiger partial charge in [0.1, 0.15) is 0 Å². The van der Waals surface area contributed by atoms with E-state index in [1.165, 1.54) is 24.8 Å². The molecular formula is C25H40Cl2N2O2. The lowest BCUT2D eigenvalue weighted by atomic mass is 9.85. The predicted molar refractivity (Wildman–Crippen MR) is 134 cm³/mol. The molecule has 0 radical (unpaired) electrons. The van der Waals surface area contributed by atoms with E-state index in [1.807, 2.05) is 0 Å². The van der Waals surface area contributed by atoms with Crippen molar-refractivity contribution in [2.45, 2.75) is 71.4 Å². The molecule has 3 N–H and O–H groups in total. The van der Waals surface area contributed by atoms with Crippen LogP contribution in [0.15, 0.2) is 35.9 Å². The number of hydrogen-bond donors (Lipinski definition) is 3. The molecular weight excluding hydrogens is 431 g/mol. The van der Waals surface area contributed by atoms with Crippen LogP contribution in [0.5, 0.6) is 0 Å². The Morgan fingerprint density at radius 3 is 2.32 bits per heavy atom. The number of carbonyl (C=O) groups is 1. The van der Waals surface area contributed by atoms with E-state index >= 15 is 0 Å². The average Bonchev–Trinajstić information content (AvgIpc) is 3.50. The molecule has 0 heterocycles. The van der Waals surface area contributed by atoms with Crippen LogP contribution in [0, 0.1) is 17.3 Å². The van der Waals surface area contributed by atoms with Crippen LogP contribution in [0.2, 0.25) is 0 Å². The first-order valence-electron chi connectivity index (χ1n) is 11.3. The Morgan fingerprint density at radius 1 is 1.10 bits per heavy atom. The molecule has 0 amide bonds. The van der Waals surface area contributed by atoms with E-state index in [4.69, 9.17) is 0 Å². The molecule has 2 unspecified atom stereocenters.